The molecule has 1 saturated heterocycles. The fourth-order valence-electron chi connectivity index (χ4n) is 2.03. The fraction of sp³-hybridized carbons (Fsp3) is 0.286. The summed E-state index contributed by atoms with van der Waals surface area (Å²) in [6.45, 7) is 2.51. The number of carbonyl (C=O) groups excluding carboxylic acids is 2. The van der Waals surface area contributed by atoms with Gasteiger partial charge in [-0.25, -0.2) is 9.59 Å². The van der Waals surface area contributed by atoms with E-state index in [4.69, 9.17) is 9.47 Å². The van der Waals surface area contributed by atoms with Crippen LogP contribution >= 0.6 is 0 Å². The van der Waals surface area contributed by atoms with E-state index >= 15 is 0 Å². The second kappa shape index (κ2) is 5.62. The Bertz CT molecular complexity index is 744. The molecule has 1 aliphatic heterocycles. The molecule has 1 aromatic carbocycles. The molecule has 2 rings (SSSR count). The Hall–Kier alpha value is -2.91. The lowest BCUT2D eigenvalue weighted by Gasteiger charge is -2.29. The number of nitro benzene ring substituents is 1. The molecule has 1 fully saturated rings. The minimum atomic E-state index is -4.93. The summed E-state index contributed by atoms with van der Waals surface area (Å²) in [6, 6.07) is 2.28. The van der Waals surface area contributed by atoms with Crippen molar-refractivity contribution in [2.24, 2.45) is 0 Å². The number of nitrogens with zero attached hydrogens (tertiary/aromatic N) is 1. The molecule has 0 radical (unpaired) electrons. The maximum atomic E-state index is 13.1. The third-order valence-electron chi connectivity index (χ3n) is 2.99. The Kier molecular flexibility index (Phi) is 4.09. The Labute approximate surface area is 132 Å². The molecule has 0 atom stereocenters. The predicted octanol–water partition coefficient (Wildman–Crippen LogP) is 2.83. The van der Waals surface area contributed by atoms with Crippen LogP contribution in [0.1, 0.15) is 25.0 Å². The van der Waals surface area contributed by atoms with Gasteiger partial charge in [-0.15, -0.1) is 0 Å². The van der Waals surface area contributed by atoms with E-state index in [2.05, 4.69) is 0 Å². The summed E-state index contributed by atoms with van der Waals surface area (Å²) in [6.07, 6.45) is -4.47. The molecule has 1 heterocycles. The summed E-state index contributed by atoms with van der Waals surface area (Å²) in [4.78, 5) is 33.6. The molecule has 0 spiro atoms. The highest BCUT2D eigenvalue weighted by molar-refractivity contribution is 6.19. The van der Waals surface area contributed by atoms with Gasteiger partial charge in [-0.3, -0.25) is 10.1 Å². The van der Waals surface area contributed by atoms with Gasteiger partial charge in [-0.2, -0.15) is 13.2 Å². The fourth-order valence-corrected chi connectivity index (χ4v) is 2.03. The van der Waals surface area contributed by atoms with E-state index in [0.29, 0.717) is 12.1 Å². The highest BCUT2D eigenvalue weighted by Gasteiger charge is 2.41. The van der Waals surface area contributed by atoms with E-state index in [0.717, 1.165) is 12.1 Å². The van der Waals surface area contributed by atoms with Crippen molar-refractivity contribution in [2.75, 3.05) is 0 Å². The Morgan fingerprint density at radius 1 is 1.17 bits per heavy atom. The number of nitro groups is 1. The lowest BCUT2D eigenvalue weighted by Crippen LogP contribution is -2.41. The van der Waals surface area contributed by atoms with E-state index in [1.807, 2.05) is 0 Å². The summed E-state index contributed by atoms with van der Waals surface area (Å²) < 4.78 is 48.7. The molecule has 0 bridgehead atoms. The number of benzene rings is 1. The average Bonchev–Trinajstić information content (AvgIpc) is 2.40. The molecular formula is C14H10F3NO6. The first-order valence-electron chi connectivity index (χ1n) is 6.45. The summed E-state index contributed by atoms with van der Waals surface area (Å²) >= 11 is 0. The molecule has 1 aliphatic rings. The van der Waals surface area contributed by atoms with Crippen LogP contribution in [0.25, 0.3) is 6.08 Å². The van der Waals surface area contributed by atoms with E-state index in [-0.39, 0.29) is 0 Å². The van der Waals surface area contributed by atoms with Crippen molar-refractivity contribution in [2.45, 2.75) is 25.8 Å². The maximum Gasteiger partial charge on any atom is 0.417 e. The first kappa shape index (κ1) is 17.4. The van der Waals surface area contributed by atoms with Gasteiger partial charge in [-0.1, -0.05) is 6.07 Å². The van der Waals surface area contributed by atoms with E-state index in [9.17, 15) is 32.9 Å². The lowest BCUT2D eigenvalue weighted by molar-refractivity contribution is -0.385. The highest BCUT2D eigenvalue weighted by atomic mass is 19.4. The van der Waals surface area contributed by atoms with Gasteiger partial charge in [0.15, 0.2) is 0 Å². The second-order valence-corrected chi connectivity index (χ2v) is 5.23. The molecule has 0 unspecified atom stereocenters. The van der Waals surface area contributed by atoms with Crippen LogP contribution in [0.3, 0.4) is 0 Å². The number of cyclic esters (lactones) is 2. The van der Waals surface area contributed by atoms with Crippen molar-refractivity contribution in [3.8, 4) is 0 Å². The number of ether oxygens (including phenoxy) is 2. The van der Waals surface area contributed by atoms with Crippen LogP contribution in [0.2, 0.25) is 0 Å². The zero-order chi connectivity index (χ0) is 18.3. The first-order valence-corrected chi connectivity index (χ1v) is 6.45. The van der Waals surface area contributed by atoms with Gasteiger partial charge in [0.1, 0.15) is 5.57 Å². The lowest BCUT2D eigenvalue weighted by atomic mass is 10.0. The van der Waals surface area contributed by atoms with Crippen LogP contribution in [0.5, 0.6) is 0 Å². The van der Waals surface area contributed by atoms with Gasteiger partial charge in [-0.05, 0) is 12.1 Å². The monoisotopic (exact) mass is 345 g/mol. The van der Waals surface area contributed by atoms with Gasteiger partial charge in [0.2, 0.25) is 0 Å². The summed E-state index contributed by atoms with van der Waals surface area (Å²) in [5.41, 5.74) is -4.08. The minimum Gasteiger partial charge on any atom is -0.419 e. The molecule has 1 aromatic rings. The van der Waals surface area contributed by atoms with Crippen LogP contribution in [0.15, 0.2) is 23.8 Å². The summed E-state index contributed by atoms with van der Waals surface area (Å²) in [7, 11) is 0. The van der Waals surface area contributed by atoms with Crippen LogP contribution in [-0.4, -0.2) is 22.6 Å². The standard InChI is InChI=1S/C14H10F3NO6/c1-13(2)23-11(19)8(12(20)24-13)6-7-9(14(15,16)17)4-3-5-10(7)18(21)22/h3-6H,1-2H3. The minimum absolute atomic E-state index is 0.459. The molecular weight excluding hydrogens is 335 g/mol. The average molecular weight is 345 g/mol. The van der Waals surface area contributed by atoms with Gasteiger partial charge < -0.3 is 9.47 Å². The number of alkyl halides is 3. The van der Waals surface area contributed by atoms with Crippen LogP contribution < -0.4 is 0 Å². The predicted molar refractivity (Wildman–Crippen MR) is 72.3 cm³/mol. The molecule has 0 saturated carbocycles. The Morgan fingerprint density at radius 3 is 2.17 bits per heavy atom. The highest BCUT2D eigenvalue weighted by Crippen LogP contribution is 2.37. The van der Waals surface area contributed by atoms with Crippen molar-refractivity contribution in [3.05, 3.63) is 45.0 Å². The van der Waals surface area contributed by atoms with Gasteiger partial charge in [0.05, 0.1) is 16.1 Å². The van der Waals surface area contributed by atoms with Crippen LogP contribution in [0, 0.1) is 10.1 Å². The van der Waals surface area contributed by atoms with Crippen molar-refractivity contribution in [3.63, 3.8) is 0 Å². The third kappa shape index (κ3) is 3.36. The van der Waals surface area contributed by atoms with Gasteiger partial charge in [0, 0.05) is 19.9 Å². The topological polar surface area (TPSA) is 95.7 Å². The third-order valence-corrected chi connectivity index (χ3v) is 2.99. The molecule has 0 N–H and O–H groups in total. The summed E-state index contributed by atoms with van der Waals surface area (Å²) in [5.74, 6) is -4.05. The first-order chi connectivity index (χ1) is 10.9. The van der Waals surface area contributed by atoms with E-state index in [1.165, 1.54) is 13.8 Å². The van der Waals surface area contributed by atoms with Crippen molar-refractivity contribution in [1.29, 1.82) is 0 Å². The van der Waals surface area contributed by atoms with Crippen LogP contribution in [-0.2, 0) is 25.2 Å². The number of halogens is 3. The van der Waals surface area contributed by atoms with E-state index < -0.39 is 51.2 Å². The van der Waals surface area contributed by atoms with Crippen molar-refractivity contribution < 1.29 is 37.2 Å². The number of hydrogen-bond donors (Lipinski definition) is 0. The molecule has 7 nitrogen and oxygen atoms in total. The normalized spacial score (nSPS) is 17.1. The zero-order valence-corrected chi connectivity index (χ0v) is 12.3. The quantitative estimate of drug-likeness (QED) is 0.269. The molecule has 10 heteroatoms. The van der Waals surface area contributed by atoms with Gasteiger partial charge in [0.25, 0.3) is 11.5 Å². The smallest absolute Gasteiger partial charge is 0.417 e. The van der Waals surface area contributed by atoms with Crippen molar-refractivity contribution >= 4 is 23.7 Å². The molecule has 0 aromatic heterocycles. The Morgan fingerprint density at radius 2 is 1.71 bits per heavy atom. The largest absolute Gasteiger partial charge is 0.419 e. The maximum absolute atomic E-state index is 13.1. The SMILES string of the molecule is CC1(C)OC(=O)C(=Cc2c([N+](=O)[O-])cccc2C(F)(F)F)C(=O)O1. The molecule has 24 heavy (non-hydrogen) atoms. The summed E-state index contributed by atoms with van der Waals surface area (Å²) in [5, 5.41) is 11.0. The van der Waals surface area contributed by atoms with Crippen LogP contribution in [0.4, 0.5) is 18.9 Å². The molecule has 0 aliphatic carbocycles. The number of hydrogen-bond acceptors (Lipinski definition) is 6. The van der Waals surface area contributed by atoms with Crippen molar-refractivity contribution in [1.82, 2.24) is 0 Å². The molecule has 128 valence electrons. The zero-order valence-electron chi connectivity index (χ0n) is 12.3. The number of rotatable bonds is 2. The van der Waals surface area contributed by atoms with E-state index in [1.54, 1.807) is 0 Å². The Balaban J connectivity index is 2.66. The number of carbonyl (C=O) groups is 2. The second-order valence-electron chi connectivity index (χ2n) is 5.23. The van der Waals surface area contributed by atoms with Gasteiger partial charge >= 0.3 is 18.1 Å². The number of esters is 2. The molecule has 0 amide bonds.